The van der Waals surface area contributed by atoms with Crippen molar-refractivity contribution in [2.75, 3.05) is 5.88 Å². The fourth-order valence-corrected chi connectivity index (χ4v) is 3.64. The monoisotopic (exact) mass is 254 g/mol. The van der Waals surface area contributed by atoms with Gasteiger partial charge in [0.25, 0.3) is 0 Å². The summed E-state index contributed by atoms with van der Waals surface area (Å²) >= 11 is 1.93. The van der Waals surface area contributed by atoms with Gasteiger partial charge in [-0.3, -0.25) is 0 Å². The molecular formula is C16H16NS+. The fourth-order valence-electron chi connectivity index (χ4n) is 2.38. The Kier molecular flexibility index (Phi) is 2.96. The quantitative estimate of drug-likeness (QED) is 0.689. The smallest absolute Gasteiger partial charge is 0.186 e. The molecule has 0 aromatic heterocycles. The van der Waals surface area contributed by atoms with E-state index in [1.165, 1.54) is 27.4 Å². The summed E-state index contributed by atoms with van der Waals surface area (Å²) in [7, 11) is 0. The van der Waals surface area contributed by atoms with Crippen molar-refractivity contribution in [3.63, 3.8) is 0 Å². The summed E-state index contributed by atoms with van der Waals surface area (Å²) in [6.45, 7) is 4.41. The third-order valence-corrected chi connectivity index (χ3v) is 4.63. The van der Waals surface area contributed by atoms with E-state index in [-0.39, 0.29) is 0 Å². The molecule has 1 aliphatic heterocycles. The van der Waals surface area contributed by atoms with Crippen LogP contribution in [0.3, 0.4) is 0 Å². The van der Waals surface area contributed by atoms with E-state index in [4.69, 9.17) is 0 Å². The molecule has 2 heteroatoms. The topological polar surface area (TPSA) is 3.01 Å². The number of hydrogen-bond donors (Lipinski definition) is 0. The van der Waals surface area contributed by atoms with Crippen molar-refractivity contribution in [3.05, 3.63) is 59.7 Å². The lowest BCUT2D eigenvalue weighted by Gasteiger charge is -2.17. The largest absolute Gasteiger partial charge is 0.206 e. The summed E-state index contributed by atoms with van der Waals surface area (Å²) in [6.07, 6.45) is 0. The van der Waals surface area contributed by atoms with Gasteiger partial charge in [0.2, 0.25) is 5.69 Å². The molecule has 0 unspecified atom stereocenters. The predicted octanol–water partition coefficient (Wildman–Crippen LogP) is 4.21. The van der Waals surface area contributed by atoms with Crippen molar-refractivity contribution in [2.24, 2.45) is 0 Å². The van der Waals surface area contributed by atoms with Gasteiger partial charge in [0.15, 0.2) is 11.6 Å². The van der Waals surface area contributed by atoms with Crippen LogP contribution in [0.4, 0.5) is 5.69 Å². The Morgan fingerprint density at radius 1 is 0.944 bits per heavy atom. The molecule has 0 N–H and O–H groups in total. The maximum atomic E-state index is 2.38. The van der Waals surface area contributed by atoms with E-state index in [1.807, 2.05) is 11.8 Å². The first-order chi connectivity index (χ1) is 8.77. The van der Waals surface area contributed by atoms with Crippen LogP contribution >= 0.6 is 11.8 Å². The Labute approximate surface area is 112 Å². The van der Waals surface area contributed by atoms with E-state index in [0.29, 0.717) is 0 Å². The van der Waals surface area contributed by atoms with Crippen molar-refractivity contribution in [1.29, 1.82) is 0 Å². The van der Waals surface area contributed by atoms with Crippen molar-refractivity contribution >= 4 is 23.2 Å². The molecule has 0 amide bonds. The zero-order chi connectivity index (χ0) is 12.5. The van der Waals surface area contributed by atoms with Gasteiger partial charge in [0.05, 0.1) is 5.56 Å². The number of aryl methyl sites for hydroxylation is 1. The van der Waals surface area contributed by atoms with Gasteiger partial charge in [-0.1, -0.05) is 42.1 Å². The standard InChI is InChI=1S/C16H16NS/c1-12-7-6-10-15-13(2)17(11-18-16(12)15)14-8-4-3-5-9-14/h3-10H,11H2,1-2H3/q+1. The lowest BCUT2D eigenvalue weighted by molar-refractivity contribution is -0.417. The molecule has 1 nitrogen and oxygen atoms in total. The number of thioether (sulfide) groups is 1. The van der Waals surface area contributed by atoms with Crippen LogP contribution in [-0.2, 0) is 0 Å². The van der Waals surface area contributed by atoms with Crippen molar-refractivity contribution in [3.8, 4) is 0 Å². The fraction of sp³-hybridized carbons (Fsp3) is 0.188. The lowest BCUT2D eigenvalue weighted by Crippen LogP contribution is -2.20. The highest BCUT2D eigenvalue weighted by Gasteiger charge is 2.25. The summed E-state index contributed by atoms with van der Waals surface area (Å²) < 4.78 is 2.38. The van der Waals surface area contributed by atoms with E-state index in [9.17, 15) is 0 Å². The molecule has 0 spiro atoms. The molecule has 90 valence electrons. The van der Waals surface area contributed by atoms with Crippen molar-refractivity contribution < 1.29 is 4.58 Å². The van der Waals surface area contributed by atoms with Gasteiger partial charge in [-0.15, -0.1) is 0 Å². The van der Waals surface area contributed by atoms with Gasteiger partial charge in [-0.2, -0.15) is 4.58 Å². The first kappa shape index (κ1) is 11.5. The molecule has 3 rings (SSSR count). The molecule has 0 saturated heterocycles. The minimum Gasteiger partial charge on any atom is -0.186 e. The highest BCUT2D eigenvalue weighted by Crippen LogP contribution is 2.33. The molecule has 1 heterocycles. The molecule has 0 atom stereocenters. The van der Waals surface area contributed by atoms with Crippen LogP contribution in [0.25, 0.3) is 0 Å². The molecule has 0 radical (unpaired) electrons. The van der Waals surface area contributed by atoms with Crippen LogP contribution in [0.1, 0.15) is 18.1 Å². The minimum atomic E-state index is 0.994. The molecule has 1 aliphatic rings. The maximum absolute atomic E-state index is 2.38. The van der Waals surface area contributed by atoms with Crippen LogP contribution in [0.15, 0.2) is 53.4 Å². The zero-order valence-electron chi connectivity index (χ0n) is 10.7. The summed E-state index contributed by atoms with van der Waals surface area (Å²) in [5.74, 6) is 0.994. The van der Waals surface area contributed by atoms with Crippen LogP contribution in [0.5, 0.6) is 0 Å². The van der Waals surface area contributed by atoms with E-state index >= 15 is 0 Å². The second-order valence-electron chi connectivity index (χ2n) is 4.57. The Morgan fingerprint density at radius 2 is 1.72 bits per heavy atom. The normalized spacial score (nSPS) is 14.6. The molecule has 2 aromatic rings. The number of para-hydroxylation sites is 1. The van der Waals surface area contributed by atoms with Gasteiger partial charge >= 0.3 is 0 Å². The van der Waals surface area contributed by atoms with Gasteiger partial charge < -0.3 is 0 Å². The van der Waals surface area contributed by atoms with Gasteiger partial charge in [0.1, 0.15) is 0 Å². The van der Waals surface area contributed by atoms with Crippen LogP contribution < -0.4 is 0 Å². The van der Waals surface area contributed by atoms with Gasteiger partial charge in [-0.25, -0.2) is 0 Å². The maximum Gasteiger partial charge on any atom is 0.206 e. The summed E-state index contributed by atoms with van der Waals surface area (Å²) in [5.41, 5.74) is 5.37. The average Bonchev–Trinajstić information content (AvgIpc) is 2.41. The zero-order valence-corrected chi connectivity index (χ0v) is 11.5. The molecular weight excluding hydrogens is 238 g/mol. The van der Waals surface area contributed by atoms with E-state index in [0.717, 1.165) is 5.88 Å². The van der Waals surface area contributed by atoms with Crippen LogP contribution in [-0.4, -0.2) is 16.2 Å². The Hall–Kier alpha value is -1.54. The van der Waals surface area contributed by atoms with E-state index in [2.05, 4.69) is 67.0 Å². The predicted molar refractivity (Wildman–Crippen MR) is 78.0 cm³/mol. The lowest BCUT2D eigenvalue weighted by atomic mass is 10.1. The SMILES string of the molecule is CC1=[N+](c2ccccc2)CSc2c(C)cccc21. The van der Waals surface area contributed by atoms with Crippen molar-refractivity contribution in [1.82, 2.24) is 0 Å². The first-order valence-electron chi connectivity index (χ1n) is 6.16. The Morgan fingerprint density at radius 3 is 2.50 bits per heavy atom. The average molecular weight is 254 g/mol. The second-order valence-corrected chi connectivity index (χ2v) is 5.53. The highest BCUT2D eigenvalue weighted by molar-refractivity contribution is 7.99. The second kappa shape index (κ2) is 4.62. The number of fused-ring (bicyclic) bond motifs is 1. The summed E-state index contributed by atoms with van der Waals surface area (Å²) in [6, 6.07) is 17.2. The summed E-state index contributed by atoms with van der Waals surface area (Å²) in [4.78, 5) is 1.43. The molecule has 0 saturated carbocycles. The molecule has 0 bridgehead atoms. The van der Waals surface area contributed by atoms with Crippen LogP contribution in [0.2, 0.25) is 0 Å². The van der Waals surface area contributed by atoms with E-state index < -0.39 is 0 Å². The third-order valence-electron chi connectivity index (χ3n) is 3.41. The third kappa shape index (κ3) is 1.87. The van der Waals surface area contributed by atoms with Crippen LogP contribution in [0, 0.1) is 6.92 Å². The van der Waals surface area contributed by atoms with E-state index in [1.54, 1.807) is 0 Å². The van der Waals surface area contributed by atoms with Gasteiger partial charge in [-0.05, 0) is 18.6 Å². The molecule has 0 fully saturated rings. The molecule has 0 aliphatic carbocycles. The number of benzene rings is 2. The Balaban J connectivity index is 2.16. The molecule has 18 heavy (non-hydrogen) atoms. The van der Waals surface area contributed by atoms with Crippen molar-refractivity contribution in [2.45, 2.75) is 18.7 Å². The minimum absolute atomic E-state index is 0.994. The summed E-state index contributed by atoms with van der Waals surface area (Å²) in [5, 5.41) is 0. The number of rotatable bonds is 1. The number of nitrogens with zero attached hydrogens (tertiary/aromatic N) is 1. The highest BCUT2D eigenvalue weighted by atomic mass is 32.2. The Bertz CT molecular complexity index is 614. The first-order valence-corrected chi connectivity index (χ1v) is 7.15. The molecule has 2 aromatic carbocycles. The number of hydrogen-bond acceptors (Lipinski definition) is 1. The van der Waals surface area contributed by atoms with Gasteiger partial charge in [0, 0.05) is 24.0 Å².